The van der Waals surface area contributed by atoms with Gasteiger partial charge < -0.3 is 175 Å². The van der Waals surface area contributed by atoms with Crippen LogP contribution in [-0.2, 0) is 64.5 Å². The Hall–Kier alpha value is 0.729. The lowest BCUT2D eigenvalue weighted by molar-refractivity contribution is -0.162. The summed E-state index contributed by atoms with van der Waals surface area (Å²) in [6.45, 7) is 7.96. The van der Waals surface area contributed by atoms with E-state index in [2.05, 4.69) is 0 Å². The fourth-order valence-electron chi connectivity index (χ4n) is 11.1. The van der Waals surface area contributed by atoms with E-state index in [0.717, 1.165) is 0 Å². The van der Waals surface area contributed by atoms with E-state index in [-0.39, 0.29) is 145 Å². The molecule has 18 atom stereocenters. The zero-order valence-electron chi connectivity index (χ0n) is 53.4. The molecule has 5 aliphatic heterocycles. The first-order valence-electron chi connectivity index (χ1n) is 31.9. The Balaban J connectivity index is 0.000000513. The molecule has 0 aromatic carbocycles. The molecule has 0 amide bonds. The van der Waals surface area contributed by atoms with Crippen LogP contribution in [0.15, 0.2) is 0 Å². The lowest BCUT2D eigenvalue weighted by atomic mass is 9.93. The second-order valence-electron chi connectivity index (χ2n) is 23.8. The zero-order chi connectivity index (χ0) is 68.2. The van der Waals surface area contributed by atoms with Gasteiger partial charge in [0.05, 0.1) is 30.5 Å². The summed E-state index contributed by atoms with van der Waals surface area (Å²) in [6, 6.07) is -0.142. The third-order valence-corrected chi connectivity index (χ3v) is 46.5. The highest BCUT2D eigenvalue weighted by molar-refractivity contribution is 6.88. The summed E-state index contributed by atoms with van der Waals surface area (Å²) in [6.07, 6.45) is -11.5. The number of fused-ring (bicyclic) bond motifs is 11. The average molecular weight is 1490 g/mol. The van der Waals surface area contributed by atoms with Crippen molar-refractivity contribution in [1.29, 1.82) is 0 Å². The molecule has 5 rings (SSSR count). The van der Waals surface area contributed by atoms with Gasteiger partial charge >= 0.3 is 88.0 Å². The minimum absolute atomic E-state index is 0.0158. The Morgan fingerprint density at radius 1 is 0.341 bits per heavy atom. The standard InChI is InChI=1S/C31H75N7O17Si7.C14H39N3O9Si3/c1-24-26(39)29-31-30-28-27(40)25(2)45-57(42,18-4-11-33)51-59(46-28,20-6-13-35)53-61(48-30,22-8-15-37)55-62(49-31,23-9-16-38)54-60(47-29,21-7-14-36)52-58(43,19-5-12-34)50-56(41,44-24)17-3-10-32;1-12(24-27(18,19)9-3-6-15)14(26-29(22,23)11-5-8-17)13(2)25-28(20,21)10-4-7-16/h24-31,39-43H,3-23,32-38H2,1-2H3;12-14,18-23H,3-11,15-17H2,1-2H3/t24-,25+,26?,27+,28?,29-,30+,31-,56?,57?,58?,59?,60?,61?,62?;12-,13+,14?/m1./s1. The predicted molar refractivity (Wildman–Crippen MR) is 347 cm³/mol. The van der Waals surface area contributed by atoms with Gasteiger partial charge in [0, 0.05) is 60.4 Å². The fourth-order valence-corrected chi connectivity index (χ4v) is 46.2. The summed E-state index contributed by atoms with van der Waals surface area (Å²) in [5.74, 6) is 0. The Labute approximate surface area is 545 Å². The van der Waals surface area contributed by atoms with Crippen LogP contribution in [0, 0.1) is 0 Å². The van der Waals surface area contributed by atoms with Crippen molar-refractivity contribution in [2.75, 3.05) is 65.4 Å². The topological polar surface area (TPSA) is 621 Å². The molecule has 8 bridgehead atoms. The molecule has 5 fully saturated rings. The van der Waals surface area contributed by atoms with Crippen LogP contribution in [0.5, 0.6) is 0 Å². The lowest BCUT2D eigenvalue weighted by Gasteiger charge is -2.47. The minimum atomic E-state index is -4.63. The molecule has 10 unspecified atom stereocenters. The van der Waals surface area contributed by atoms with Crippen LogP contribution in [0.4, 0.5) is 0 Å². The minimum Gasteiger partial charge on any atom is -0.391 e. The molecule has 91 heavy (non-hydrogen) atoms. The molecule has 36 nitrogen and oxygen atoms in total. The van der Waals surface area contributed by atoms with Gasteiger partial charge in [-0.05, 0) is 157 Å². The average Bonchev–Trinajstić information content (AvgIpc) is 1.58. The van der Waals surface area contributed by atoms with Gasteiger partial charge in [-0.2, -0.15) is 0 Å². The normalized spacial score (nSPS) is 36.0. The third-order valence-electron chi connectivity index (χ3n) is 15.4. The van der Waals surface area contributed by atoms with Gasteiger partial charge in [-0.25, -0.2) is 0 Å². The largest absolute Gasteiger partial charge is 0.495 e. The highest BCUT2D eigenvalue weighted by Crippen LogP contribution is 2.50. The van der Waals surface area contributed by atoms with E-state index < -0.39 is 155 Å². The maximum absolute atomic E-state index is 12.6. The van der Waals surface area contributed by atoms with E-state index in [1.165, 1.54) is 20.8 Å². The number of aliphatic hydroxyl groups is 2. The van der Waals surface area contributed by atoms with E-state index in [4.69, 9.17) is 122 Å². The number of hydrogen-bond acceptors (Lipinski definition) is 36. The maximum atomic E-state index is 12.6. The monoisotopic (exact) mass is 1490 g/mol. The maximum Gasteiger partial charge on any atom is 0.495 e. The lowest BCUT2D eigenvalue weighted by Crippen LogP contribution is -2.70. The van der Waals surface area contributed by atoms with Crippen molar-refractivity contribution in [3.05, 3.63) is 0 Å². The van der Waals surface area contributed by atoms with Crippen LogP contribution in [0.2, 0.25) is 60.4 Å². The van der Waals surface area contributed by atoms with Crippen molar-refractivity contribution >= 4 is 88.0 Å². The smallest absolute Gasteiger partial charge is 0.391 e. The third kappa shape index (κ3) is 25.4. The highest BCUT2D eigenvalue weighted by atomic mass is 28.5. The van der Waals surface area contributed by atoms with Crippen molar-refractivity contribution in [3.8, 4) is 0 Å². The van der Waals surface area contributed by atoms with Crippen molar-refractivity contribution in [3.63, 3.8) is 0 Å². The van der Waals surface area contributed by atoms with Crippen molar-refractivity contribution in [2.45, 2.75) is 219 Å². The summed E-state index contributed by atoms with van der Waals surface area (Å²) in [7, 11) is -43.3. The number of hydrogen-bond donors (Lipinski definition) is 21. The molecule has 0 aromatic rings. The Morgan fingerprint density at radius 2 is 0.593 bits per heavy atom. The Morgan fingerprint density at radius 3 is 0.912 bits per heavy atom. The quantitative estimate of drug-likeness (QED) is 0.0256. The van der Waals surface area contributed by atoms with Gasteiger partial charge in [-0.3, -0.25) is 0 Å². The molecule has 540 valence electrons. The molecule has 0 aliphatic carbocycles. The molecule has 31 N–H and O–H groups in total. The van der Waals surface area contributed by atoms with Gasteiger partial charge in [0.2, 0.25) is 0 Å². The summed E-state index contributed by atoms with van der Waals surface area (Å²) >= 11 is 0. The Kier molecular flexibility index (Phi) is 35.1. The second-order valence-corrected chi connectivity index (χ2v) is 50.0. The van der Waals surface area contributed by atoms with Crippen LogP contribution in [-0.4, -0.2) is 274 Å². The van der Waals surface area contributed by atoms with Gasteiger partial charge in [-0.1, -0.05) is 0 Å². The molecule has 5 aliphatic rings. The van der Waals surface area contributed by atoms with Crippen LogP contribution < -0.4 is 57.3 Å². The SMILES string of the molecule is C[C@@H]1O[Si](O)(CCCN)O[Si]2(CCCN)OC([C@H]1O)[C@@H]1O[Si](CCCN)(O2)O[Si]2(CCCN)O[C@@H]1[C@@H]1O[Si](CCCN)(O[Si](O)(CCCN)O[Si](O)(CCCN)O[C@H](C)C1O)O2.C[C@H](O[Si](O)(O)CCCN)C(O[Si](O)(O)CCCN)[C@@H](C)O[Si](O)(O)CCCN. The van der Waals surface area contributed by atoms with Crippen molar-refractivity contribution in [2.24, 2.45) is 57.3 Å². The van der Waals surface area contributed by atoms with E-state index in [0.29, 0.717) is 44.9 Å². The molecular weight excluding hydrogens is 1380 g/mol. The summed E-state index contributed by atoms with van der Waals surface area (Å²) in [5.41, 5.74) is 58.5. The predicted octanol–water partition coefficient (Wildman–Crippen LogP) is -6.78. The van der Waals surface area contributed by atoms with Crippen molar-refractivity contribution in [1.82, 2.24) is 0 Å². The van der Waals surface area contributed by atoms with Gasteiger partial charge in [0.15, 0.2) is 0 Å². The number of nitrogens with two attached hydrogens (primary N) is 10. The first-order valence-corrected chi connectivity index (χ1v) is 51.5. The molecule has 0 spiro atoms. The van der Waals surface area contributed by atoms with Crippen LogP contribution in [0.3, 0.4) is 0 Å². The van der Waals surface area contributed by atoms with E-state index in [1.807, 2.05) is 0 Å². The first kappa shape index (κ1) is 84.1. The van der Waals surface area contributed by atoms with Crippen molar-refractivity contribution < 1.29 is 118 Å². The summed E-state index contributed by atoms with van der Waals surface area (Å²) in [5, 5.41) is 25.0. The molecule has 0 aromatic heterocycles. The summed E-state index contributed by atoms with van der Waals surface area (Å²) < 4.78 is 98.7. The van der Waals surface area contributed by atoms with Crippen LogP contribution in [0.1, 0.15) is 91.9 Å². The number of aliphatic hydroxyl groups excluding tert-OH is 2. The van der Waals surface area contributed by atoms with Gasteiger partial charge in [-0.15, -0.1) is 0 Å². The van der Waals surface area contributed by atoms with Gasteiger partial charge in [0.1, 0.15) is 36.6 Å². The molecule has 0 radical (unpaired) electrons. The highest BCUT2D eigenvalue weighted by Gasteiger charge is 2.75. The van der Waals surface area contributed by atoms with E-state index in [9.17, 15) is 53.4 Å². The fraction of sp³-hybridized carbons (Fsp3) is 1.00. The number of rotatable bonds is 38. The van der Waals surface area contributed by atoms with E-state index >= 15 is 0 Å². The molecule has 5 saturated heterocycles. The molecule has 46 heteroatoms. The van der Waals surface area contributed by atoms with Gasteiger partial charge in [0.25, 0.3) is 0 Å². The molecule has 0 saturated carbocycles. The summed E-state index contributed by atoms with van der Waals surface area (Å²) in [4.78, 5) is 97.9. The zero-order valence-corrected chi connectivity index (χ0v) is 63.4. The van der Waals surface area contributed by atoms with Crippen LogP contribution in [0.25, 0.3) is 0 Å². The molecular formula is C45H114N10O26Si10. The Bertz CT molecular complexity index is 2080. The molecule has 5 heterocycles. The van der Waals surface area contributed by atoms with Crippen LogP contribution >= 0.6 is 0 Å². The van der Waals surface area contributed by atoms with E-state index in [1.54, 1.807) is 6.92 Å². The second kappa shape index (κ2) is 38.0. The first-order chi connectivity index (χ1) is 42.7.